The van der Waals surface area contributed by atoms with Crippen LogP contribution in [0.15, 0.2) is 30.3 Å². The number of carbonyl (C=O) groups excluding carboxylic acids is 1. The Bertz CT molecular complexity index is 1220. The van der Waals surface area contributed by atoms with Crippen LogP contribution >= 0.6 is 11.6 Å². The van der Waals surface area contributed by atoms with Crippen LogP contribution in [-0.4, -0.2) is 70.3 Å². The Balaban J connectivity index is 1.32. The van der Waals surface area contributed by atoms with Crippen LogP contribution in [-0.2, 0) is 12.8 Å². The van der Waals surface area contributed by atoms with E-state index in [1.54, 1.807) is 6.07 Å². The lowest BCUT2D eigenvalue weighted by Gasteiger charge is -2.37. The van der Waals surface area contributed by atoms with Crippen molar-refractivity contribution in [3.8, 4) is 5.69 Å². The first-order chi connectivity index (χ1) is 16.4. The standard InChI is InChI=1S/C25H30ClN7O/c1-16-4-8-23(32-12-10-31(3)11-13-32)21-15-19(6-7-20(16)21)27-25(34)24-28-30-33(29-24)22-9-5-18(26)14-17(22)2/h4-5,8-9,14,19H,6-7,10-13,15H2,1-3H3,(H,27,34)/t19-/m0/s1. The van der Waals surface area contributed by atoms with Crippen molar-refractivity contribution in [2.24, 2.45) is 0 Å². The molecule has 0 unspecified atom stereocenters. The van der Waals surface area contributed by atoms with Gasteiger partial charge in [-0.3, -0.25) is 4.79 Å². The molecular weight excluding hydrogens is 450 g/mol. The third-order valence-electron chi connectivity index (χ3n) is 7.00. The van der Waals surface area contributed by atoms with E-state index < -0.39 is 0 Å². The maximum absolute atomic E-state index is 13.0. The molecule has 1 amide bonds. The quantitative estimate of drug-likeness (QED) is 0.619. The number of hydrogen-bond acceptors (Lipinski definition) is 6. The molecule has 5 rings (SSSR count). The minimum absolute atomic E-state index is 0.0391. The number of carbonyl (C=O) groups is 1. The molecule has 0 spiro atoms. The van der Waals surface area contributed by atoms with E-state index in [-0.39, 0.29) is 17.8 Å². The molecule has 1 saturated heterocycles. The summed E-state index contributed by atoms with van der Waals surface area (Å²) in [4.78, 5) is 19.2. The van der Waals surface area contributed by atoms with Gasteiger partial charge in [0.25, 0.3) is 11.7 Å². The third-order valence-corrected chi connectivity index (χ3v) is 7.24. The van der Waals surface area contributed by atoms with Gasteiger partial charge in [-0.25, -0.2) is 0 Å². The molecule has 1 atom stereocenters. The van der Waals surface area contributed by atoms with Crippen LogP contribution in [0.4, 0.5) is 5.69 Å². The fraction of sp³-hybridized carbons (Fsp3) is 0.440. The summed E-state index contributed by atoms with van der Waals surface area (Å²) in [7, 11) is 2.17. The van der Waals surface area contributed by atoms with E-state index in [1.807, 2.05) is 19.1 Å². The first kappa shape index (κ1) is 22.8. The summed E-state index contributed by atoms with van der Waals surface area (Å²) in [5.74, 6) is -0.219. The van der Waals surface area contributed by atoms with Crippen molar-refractivity contribution >= 4 is 23.2 Å². The second-order valence-electron chi connectivity index (χ2n) is 9.40. The number of aromatic nitrogens is 4. The minimum Gasteiger partial charge on any atom is -0.369 e. The lowest BCUT2D eigenvalue weighted by molar-refractivity contribution is 0.0923. The Hall–Kier alpha value is -2.97. The van der Waals surface area contributed by atoms with Gasteiger partial charge in [0.2, 0.25) is 0 Å². The lowest BCUT2D eigenvalue weighted by atomic mass is 9.84. The average Bonchev–Trinajstić information content (AvgIpc) is 3.30. The molecule has 0 radical (unpaired) electrons. The van der Waals surface area contributed by atoms with E-state index in [9.17, 15) is 4.79 Å². The Morgan fingerprint density at radius 2 is 1.79 bits per heavy atom. The number of halogens is 1. The molecule has 3 aromatic rings. The lowest BCUT2D eigenvalue weighted by Crippen LogP contribution is -2.45. The summed E-state index contributed by atoms with van der Waals surface area (Å²) in [5.41, 5.74) is 7.11. The number of likely N-dealkylation sites (N-methyl/N-ethyl adjacent to an activating group) is 1. The minimum atomic E-state index is -0.292. The first-order valence-electron chi connectivity index (χ1n) is 11.8. The van der Waals surface area contributed by atoms with Crippen molar-refractivity contribution in [1.82, 2.24) is 30.4 Å². The monoisotopic (exact) mass is 479 g/mol. The average molecular weight is 480 g/mol. The van der Waals surface area contributed by atoms with Crippen LogP contribution in [0.1, 0.15) is 39.3 Å². The second-order valence-corrected chi connectivity index (χ2v) is 9.83. The highest BCUT2D eigenvalue weighted by Crippen LogP contribution is 2.33. The maximum atomic E-state index is 13.0. The highest BCUT2D eigenvalue weighted by molar-refractivity contribution is 6.30. The Kier molecular flexibility index (Phi) is 6.27. The van der Waals surface area contributed by atoms with E-state index in [4.69, 9.17) is 11.6 Å². The van der Waals surface area contributed by atoms with E-state index in [0.29, 0.717) is 5.02 Å². The Morgan fingerprint density at radius 1 is 1.03 bits per heavy atom. The maximum Gasteiger partial charge on any atom is 0.293 e. The molecule has 1 fully saturated rings. The molecule has 1 aromatic heterocycles. The van der Waals surface area contributed by atoms with Crippen LogP contribution in [0.5, 0.6) is 0 Å². The predicted octanol–water partition coefficient (Wildman–Crippen LogP) is 2.97. The summed E-state index contributed by atoms with van der Waals surface area (Å²) in [6.07, 6.45) is 2.67. The van der Waals surface area contributed by atoms with Gasteiger partial charge in [0.05, 0.1) is 5.69 Å². The van der Waals surface area contributed by atoms with Crippen LogP contribution in [0.2, 0.25) is 5.02 Å². The molecule has 178 valence electrons. The van der Waals surface area contributed by atoms with Gasteiger partial charge in [-0.05, 0) is 91.9 Å². The zero-order valence-corrected chi connectivity index (χ0v) is 20.6. The molecule has 2 aliphatic rings. The van der Waals surface area contributed by atoms with Crippen molar-refractivity contribution in [3.05, 3.63) is 63.4 Å². The van der Waals surface area contributed by atoms with Crippen molar-refractivity contribution in [1.29, 1.82) is 0 Å². The number of benzene rings is 2. The highest BCUT2D eigenvalue weighted by atomic mass is 35.5. The van der Waals surface area contributed by atoms with Crippen LogP contribution in [0.3, 0.4) is 0 Å². The molecule has 8 nitrogen and oxygen atoms in total. The normalized spacial score (nSPS) is 18.6. The topological polar surface area (TPSA) is 79.2 Å². The number of anilines is 1. The first-order valence-corrected chi connectivity index (χ1v) is 12.2. The van der Waals surface area contributed by atoms with Crippen molar-refractivity contribution in [3.63, 3.8) is 0 Å². The summed E-state index contributed by atoms with van der Waals surface area (Å²) < 4.78 is 0. The number of tetrazole rings is 1. The largest absolute Gasteiger partial charge is 0.369 e. The number of nitrogens with one attached hydrogen (secondary N) is 1. The summed E-state index contributed by atoms with van der Waals surface area (Å²) in [5, 5.41) is 16.2. The molecule has 1 aliphatic carbocycles. The van der Waals surface area contributed by atoms with Gasteiger partial charge in [0.15, 0.2) is 0 Å². The summed E-state index contributed by atoms with van der Waals surface area (Å²) >= 11 is 6.05. The van der Waals surface area contributed by atoms with Crippen LogP contribution in [0, 0.1) is 13.8 Å². The molecule has 2 heterocycles. The fourth-order valence-corrected chi connectivity index (χ4v) is 5.23. The smallest absolute Gasteiger partial charge is 0.293 e. The second kappa shape index (κ2) is 9.35. The van der Waals surface area contributed by atoms with E-state index in [1.165, 1.54) is 27.2 Å². The van der Waals surface area contributed by atoms with Gasteiger partial charge in [0.1, 0.15) is 0 Å². The van der Waals surface area contributed by atoms with Crippen LogP contribution < -0.4 is 10.2 Å². The number of nitrogens with zero attached hydrogens (tertiary/aromatic N) is 6. The molecule has 1 N–H and O–H groups in total. The van der Waals surface area contributed by atoms with E-state index in [2.05, 4.69) is 56.6 Å². The van der Waals surface area contributed by atoms with Gasteiger partial charge in [-0.1, -0.05) is 17.7 Å². The van der Waals surface area contributed by atoms with E-state index in [0.717, 1.165) is 56.7 Å². The molecule has 0 bridgehead atoms. The Morgan fingerprint density at radius 3 is 2.56 bits per heavy atom. The molecule has 2 aromatic carbocycles. The van der Waals surface area contributed by atoms with Crippen LogP contribution in [0.25, 0.3) is 5.69 Å². The molecule has 34 heavy (non-hydrogen) atoms. The number of aryl methyl sites for hydroxylation is 2. The molecular formula is C25H30ClN7O. The number of fused-ring (bicyclic) bond motifs is 1. The van der Waals surface area contributed by atoms with Gasteiger partial charge >= 0.3 is 0 Å². The number of hydrogen-bond donors (Lipinski definition) is 1. The number of piperazine rings is 1. The van der Waals surface area contributed by atoms with Crippen molar-refractivity contribution < 1.29 is 4.79 Å². The predicted molar refractivity (Wildman–Crippen MR) is 133 cm³/mol. The van der Waals surface area contributed by atoms with Crippen molar-refractivity contribution in [2.45, 2.75) is 39.2 Å². The highest BCUT2D eigenvalue weighted by Gasteiger charge is 2.28. The number of amides is 1. The third kappa shape index (κ3) is 4.52. The zero-order chi connectivity index (χ0) is 23.8. The SMILES string of the molecule is Cc1cc(Cl)ccc1-n1nnc(C(=O)N[C@H]2CCc3c(C)ccc(N4CCN(C)CC4)c3C2)n1. The zero-order valence-electron chi connectivity index (χ0n) is 19.9. The molecule has 0 saturated carbocycles. The van der Waals surface area contributed by atoms with Gasteiger partial charge < -0.3 is 15.1 Å². The summed E-state index contributed by atoms with van der Waals surface area (Å²) in [6, 6.07) is 9.96. The molecule has 9 heteroatoms. The van der Waals surface area contributed by atoms with E-state index >= 15 is 0 Å². The van der Waals surface area contributed by atoms with Gasteiger partial charge in [-0.2, -0.15) is 0 Å². The number of rotatable bonds is 4. The van der Waals surface area contributed by atoms with Crippen molar-refractivity contribution in [2.75, 3.05) is 38.1 Å². The molecule has 1 aliphatic heterocycles. The van der Waals surface area contributed by atoms with Gasteiger partial charge in [-0.15, -0.1) is 15.0 Å². The summed E-state index contributed by atoms with van der Waals surface area (Å²) in [6.45, 7) is 8.30. The fourth-order valence-electron chi connectivity index (χ4n) is 5.01. The van der Waals surface area contributed by atoms with Gasteiger partial charge in [0, 0.05) is 42.9 Å². The Labute approximate surface area is 204 Å².